The van der Waals surface area contributed by atoms with E-state index in [0.717, 1.165) is 32.7 Å². The predicted molar refractivity (Wildman–Crippen MR) is 116 cm³/mol. The minimum Gasteiger partial charge on any atom is -0.494 e. The lowest BCUT2D eigenvalue weighted by Gasteiger charge is -2.18. The maximum absolute atomic E-state index is 12.7. The van der Waals surface area contributed by atoms with Gasteiger partial charge in [-0.05, 0) is 55.8 Å². The molecule has 146 valence electrons. The minimum atomic E-state index is 0.0144. The fraction of sp³-hybridized carbons (Fsp3) is 0.273. The Kier molecular flexibility index (Phi) is 7.12. The van der Waals surface area contributed by atoms with Crippen molar-refractivity contribution in [1.29, 1.82) is 0 Å². The van der Waals surface area contributed by atoms with E-state index in [1.165, 1.54) is 0 Å². The fourth-order valence-electron chi connectivity index (χ4n) is 2.75. The molecule has 28 heavy (non-hydrogen) atoms. The molecule has 1 heterocycles. The molecule has 0 unspecified atom stereocenters. The predicted octanol–water partition coefficient (Wildman–Crippen LogP) is 5.41. The zero-order valence-corrected chi connectivity index (χ0v) is 18.0. The molecule has 0 N–H and O–H groups in total. The first-order valence-corrected chi connectivity index (χ1v) is 11.0. The summed E-state index contributed by atoms with van der Waals surface area (Å²) in [5, 5.41) is 3.18. The van der Waals surface area contributed by atoms with Crippen LogP contribution < -0.4 is 4.74 Å². The first kappa shape index (κ1) is 20.4. The molecule has 1 aromatic heterocycles. The van der Waals surface area contributed by atoms with E-state index in [2.05, 4.69) is 10.4 Å². The molecular weight excluding hydrogens is 388 g/mol. The molecule has 1 amide bonds. The van der Waals surface area contributed by atoms with Crippen LogP contribution in [-0.2, 0) is 12.3 Å². The van der Waals surface area contributed by atoms with Crippen LogP contribution in [-0.4, -0.2) is 29.4 Å². The number of aryl methyl sites for hydroxylation is 1. The van der Waals surface area contributed by atoms with E-state index in [1.54, 1.807) is 28.0 Å². The average Bonchev–Trinajstić information content (AvgIpc) is 3.13. The number of hydrogen-bond donors (Lipinski definition) is 0. The van der Waals surface area contributed by atoms with Crippen molar-refractivity contribution in [3.05, 3.63) is 75.7 Å². The molecule has 0 aliphatic rings. The van der Waals surface area contributed by atoms with Gasteiger partial charge in [0.25, 0.3) is 5.91 Å². The number of benzene rings is 2. The van der Waals surface area contributed by atoms with Gasteiger partial charge in [-0.15, -0.1) is 23.1 Å². The van der Waals surface area contributed by atoms with Crippen LogP contribution in [0.3, 0.4) is 0 Å². The van der Waals surface area contributed by atoms with Gasteiger partial charge in [0, 0.05) is 35.2 Å². The van der Waals surface area contributed by atoms with Crippen molar-refractivity contribution in [2.75, 3.05) is 13.7 Å². The third kappa shape index (κ3) is 5.59. The van der Waals surface area contributed by atoms with Gasteiger partial charge in [0.05, 0.1) is 17.3 Å². The molecular formula is C22H24N2O2S2. The lowest BCUT2D eigenvalue weighted by Crippen LogP contribution is -2.26. The molecule has 0 radical (unpaired) electrons. The quantitative estimate of drug-likeness (QED) is 0.464. The number of amides is 1. The Balaban J connectivity index is 1.55. The summed E-state index contributed by atoms with van der Waals surface area (Å²) >= 11 is 3.40. The molecule has 3 rings (SSSR count). The molecule has 0 saturated heterocycles. The number of thioether (sulfide) groups is 1. The van der Waals surface area contributed by atoms with Crippen LogP contribution in [0.25, 0.3) is 0 Å². The highest BCUT2D eigenvalue weighted by Gasteiger charge is 2.12. The summed E-state index contributed by atoms with van der Waals surface area (Å²) in [5.74, 6) is 1.71. The van der Waals surface area contributed by atoms with Crippen LogP contribution in [0.4, 0.5) is 0 Å². The maximum atomic E-state index is 12.7. The fourth-order valence-corrected chi connectivity index (χ4v) is 4.26. The molecule has 0 aliphatic heterocycles. The lowest BCUT2D eigenvalue weighted by atomic mass is 10.1. The molecule has 0 atom stereocenters. The van der Waals surface area contributed by atoms with Gasteiger partial charge in [0.15, 0.2) is 0 Å². The molecule has 0 fully saturated rings. The summed E-state index contributed by atoms with van der Waals surface area (Å²) in [5.41, 5.74) is 2.87. The molecule has 6 heteroatoms. The third-order valence-electron chi connectivity index (χ3n) is 4.16. The Hall–Kier alpha value is -2.31. The Labute approximate surface area is 174 Å². The summed E-state index contributed by atoms with van der Waals surface area (Å²) < 4.78 is 5.46. The van der Waals surface area contributed by atoms with Crippen molar-refractivity contribution in [2.24, 2.45) is 0 Å². The molecule has 4 nitrogen and oxygen atoms in total. The molecule has 3 aromatic rings. The second-order valence-corrected chi connectivity index (χ2v) is 8.52. The standard InChI is InChI=1S/C22H24N2O2S2/c1-4-26-20-9-5-17(6-10-20)13-24(3)22(25)18-7-11-21(12-8-18)28-15-19-14-27-16(2)23-19/h5-12,14H,4,13,15H2,1-3H3. The lowest BCUT2D eigenvalue weighted by molar-refractivity contribution is 0.0785. The van der Waals surface area contributed by atoms with Gasteiger partial charge >= 0.3 is 0 Å². The zero-order chi connectivity index (χ0) is 19.9. The van der Waals surface area contributed by atoms with E-state index in [9.17, 15) is 4.79 Å². The monoisotopic (exact) mass is 412 g/mol. The highest BCUT2D eigenvalue weighted by molar-refractivity contribution is 7.98. The average molecular weight is 413 g/mol. The van der Waals surface area contributed by atoms with Crippen LogP contribution in [0.1, 0.15) is 33.5 Å². The number of ether oxygens (including phenoxy) is 1. The van der Waals surface area contributed by atoms with Crippen molar-refractivity contribution in [3.8, 4) is 5.75 Å². The summed E-state index contributed by atoms with van der Waals surface area (Å²) in [7, 11) is 1.83. The van der Waals surface area contributed by atoms with Gasteiger partial charge in [-0.1, -0.05) is 12.1 Å². The summed E-state index contributed by atoms with van der Waals surface area (Å²) in [6.45, 7) is 5.19. The number of rotatable bonds is 8. The summed E-state index contributed by atoms with van der Waals surface area (Å²) in [4.78, 5) is 20.0. The second-order valence-electron chi connectivity index (χ2n) is 6.41. The highest BCUT2D eigenvalue weighted by Crippen LogP contribution is 2.24. The van der Waals surface area contributed by atoms with Crippen molar-refractivity contribution in [1.82, 2.24) is 9.88 Å². The Bertz CT molecular complexity index is 905. The van der Waals surface area contributed by atoms with Crippen molar-refractivity contribution in [3.63, 3.8) is 0 Å². The minimum absolute atomic E-state index is 0.0144. The van der Waals surface area contributed by atoms with E-state index >= 15 is 0 Å². The van der Waals surface area contributed by atoms with Crippen LogP contribution in [0.2, 0.25) is 0 Å². The Morgan fingerprint density at radius 2 is 1.86 bits per heavy atom. The smallest absolute Gasteiger partial charge is 0.253 e. The van der Waals surface area contributed by atoms with Gasteiger partial charge in [0.1, 0.15) is 5.75 Å². The van der Waals surface area contributed by atoms with Crippen molar-refractivity contribution in [2.45, 2.75) is 31.0 Å². The topological polar surface area (TPSA) is 42.4 Å². The number of carbonyl (C=O) groups excluding carboxylic acids is 1. The highest BCUT2D eigenvalue weighted by atomic mass is 32.2. The van der Waals surface area contributed by atoms with Gasteiger partial charge < -0.3 is 9.64 Å². The number of aromatic nitrogens is 1. The van der Waals surface area contributed by atoms with E-state index in [4.69, 9.17) is 4.74 Å². The Morgan fingerprint density at radius 1 is 1.14 bits per heavy atom. The molecule has 0 aliphatic carbocycles. The molecule has 2 aromatic carbocycles. The maximum Gasteiger partial charge on any atom is 0.253 e. The van der Waals surface area contributed by atoms with Crippen molar-refractivity contribution < 1.29 is 9.53 Å². The molecule has 0 saturated carbocycles. The SMILES string of the molecule is CCOc1ccc(CN(C)C(=O)c2ccc(SCc3csc(C)n3)cc2)cc1. The third-order valence-corrected chi connectivity index (χ3v) is 6.02. The van der Waals surface area contributed by atoms with Gasteiger partial charge in [-0.3, -0.25) is 4.79 Å². The van der Waals surface area contributed by atoms with Crippen LogP contribution in [0, 0.1) is 6.92 Å². The number of hydrogen-bond acceptors (Lipinski definition) is 5. The number of nitrogens with zero attached hydrogens (tertiary/aromatic N) is 2. The number of thiazole rings is 1. The molecule has 0 spiro atoms. The summed E-state index contributed by atoms with van der Waals surface area (Å²) in [6.07, 6.45) is 0. The van der Waals surface area contributed by atoms with E-state index in [-0.39, 0.29) is 5.91 Å². The van der Waals surface area contributed by atoms with Crippen molar-refractivity contribution >= 4 is 29.0 Å². The second kappa shape index (κ2) is 9.75. The first-order valence-electron chi connectivity index (χ1n) is 9.16. The van der Waals surface area contributed by atoms with E-state index < -0.39 is 0 Å². The van der Waals surface area contributed by atoms with Gasteiger partial charge in [0.2, 0.25) is 0 Å². The number of carbonyl (C=O) groups is 1. The normalized spacial score (nSPS) is 10.7. The van der Waals surface area contributed by atoms with Crippen LogP contribution in [0.15, 0.2) is 58.8 Å². The summed E-state index contributed by atoms with van der Waals surface area (Å²) in [6, 6.07) is 15.7. The van der Waals surface area contributed by atoms with E-state index in [0.29, 0.717) is 18.7 Å². The van der Waals surface area contributed by atoms with Gasteiger partial charge in [-0.25, -0.2) is 4.98 Å². The van der Waals surface area contributed by atoms with Crippen LogP contribution >= 0.6 is 23.1 Å². The first-order chi connectivity index (χ1) is 13.5. The largest absolute Gasteiger partial charge is 0.494 e. The Morgan fingerprint density at radius 3 is 2.46 bits per heavy atom. The van der Waals surface area contributed by atoms with Gasteiger partial charge in [-0.2, -0.15) is 0 Å². The molecule has 0 bridgehead atoms. The zero-order valence-electron chi connectivity index (χ0n) is 16.3. The van der Waals surface area contributed by atoms with E-state index in [1.807, 2.05) is 69.4 Å². The van der Waals surface area contributed by atoms with Crippen LogP contribution in [0.5, 0.6) is 5.75 Å².